The van der Waals surface area contributed by atoms with Crippen molar-refractivity contribution in [2.24, 2.45) is 23.3 Å². The van der Waals surface area contributed by atoms with Crippen molar-refractivity contribution in [3.05, 3.63) is 52.6 Å². The van der Waals surface area contributed by atoms with Crippen molar-refractivity contribution in [2.75, 3.05) is 31.5 Å². The second-order valence-electron chi connectivity index (χ2n) is 10.2. The van der Waals surface area contributed by atoms with E-state index in [1.54, 1.807) is 17.2 Å². The number of carbonyl (C=O) groups is 1. The minimum absolute atomic E-state index is 0.244. The first-order chi connectivity index (χ1) is 15.8. The van der Waals surface area contributed by atoms with Gasteiger partial charge in [0.15, 0.2) is 0 Å². The topological polar surface area (TPSA) is 123 Å². The molecule has 3 aliphatic rings. The van der Waals surface area contributed by atoms with Crippen LogP contribution in [0, 0.1) is 11.8 Å². The van der Waals surface area contributed by atoms with Crippen molar-refractivity contribution in [1.82, 2.24) is 19.4 Å². The molecule has 5 N–H and O–H groups in total. The Morgan fingerprint density at radius 2 is 1.88 bits per heavy atom. The summed E-state index contributed by atoms with van der Waals surface area (Å²) in [6.07, 6.45) is 4.14. The fourth-order valence-corrected chi connectivity index (χ4v) is 5.17. The van der Waals surface area contributed by atoms with Crippen LogP contribution in [-0.4, -0.2) is 63.1 Å². The molecule has 176 valence electrons. The van der Waals surface area contributed by atoms with Gasteiger partial charge in [0.1, 0.15) is 5.82 Å². The molecule has 9 heteroatoms. The molecule has 1 aromatic carbocycles. The zero-order valence-electron chi connectivity index (χ0n) is 19.1. The third-order valence-corrected chi connectivity index (χ3v) is 7.41. The van der Waals surface area contributed by atoms with Crippen molar-refractivity contribution in [3.8, 4) is 5.69 Å². The number of fused-ring (bicyclic) bond motifs is 1. The van der Waals surface area contributed by atoms with Crippen LogP contribution < -0.4 is 22.5 Å². The highest BCUT2D eigenvalue weighted by Gasteiger charge is 2.53. The number of hydrogen-bond acceptors (Lipinski definition) is 6. The molecule has 0 radical (unpaired) electrons. The van der Waals surface area contributed by atoms with Crippen LogP contribution in [0.25, 0.3) is 5.69 Å². The molecular weight excluding hydrogens is 418 g/mol. The summed E-state index contributed by atoms with van der Waals surface area (Å²) in [5, 5.41) is 2.75. The van der Waals surface area contributed by atoms with E-state index in [9.17, 15) is 9.59 Å². The Hall–Kier alpha value is -2.75. The van der Waals surface area contributed by atoms with Gasteiger partial charge in [-0.15, -0.1) is 0 Å². The minimum atomic E-state index is -0.431. The normalized spacial score (nSPS) is 29.4. The van der Waals surface area contributed by atoms with Gasteiger partial charge in [0, 0.05) is 50.5 Å². The van der Waals surface area contributed by atoms with Crippen molar-refractivity contribution < 1.29 is 4.79 Å². The highest BCUT2D eigenvalue weighted by Crippen LogP contribution is 2.44. The number of benzene rings is 1. The largest absolute Gasteiger partial charge is 0.354 e. The molecule has 5 rings (SSSR count). The number of anilines is 1. The van der Waals surface area contributed by atoms with Gasteiger partial charge in [-0.05, 0) is 61.8 Å². The maximum atomic E-state index is 12.6. The van der Waals surface area contributed by atoms with E-state index in [0.717, 1.165) is 44.6 Å². The molecule has 3 fully saturated rings. The van der Waals surface area contributed by atoms with Crippen molar-refractivity contribution >= 4 is 11.8 Å². The Balaban J connectivity index is 1.20. The molecule has 3 heterocycles. The number of carbonyl (C=O) groups excluding carboxylic acids is 1. The molecule has 2 amide bonds. The molecule has 0 bridgehead atoms. The Labute approximate surface area is 193 Å². The fourth-order valence-electron chi connectivity index (χ4n) is 5.17. The van der Waals surface area contributed by atoms with Crippen molar-refractivity contribution in [3.63, 3.8) is 0 Å². The summed E-state index contributed by atoms with van der Waals surface area (Å²) in [5.74, 6) is 1.60. The van der Waals surface area contributed by atoms with Gasteiger partial charge in [0.05, 0.1) is 5.69 Å². The highest BCUT2D eigenvalue weighted by atomic mass is 16.2. The predicted molar refractivity (Wildman–Crippen MR) is 127 cm³/mol. The zero-order valence-corrected chi connectivity index (χ0v) is 19.1. The zero-order chi connectivity index (χ0) is 23.2. The van der Waals surface area contributed by atoms with Crippen LogP contribution in [0.4, 0.5) is 10.6 Å². The van der Waals surface area contributed by atoms with Crippen LogP contribution in [0.15, 0.2) is 41.3 Å². The molecule has 4 atom stereocenters. The number of amides is 2. The number of nitrogens with one attached hydrogen (secondary N) is 1. The third-order valence-electron chi connectivity index (χ3n) is 7.41. The number of urea groups is 1. The van der Waals surface area contributed by atoms with E-state index in [0.29, 0.717) is 31.0 Å². The maximum absolute atomic E-state index is 12.6. The molecule has 2 aromatic rings. The summed E-state index contributed by atoms with van der Waals surface area (Å²) in [7, 11) is 0. The molecule has 1 aromatic heterocycles. The minimum Gasteiger partial charge on any atom is -0.327 e. The predicted octanol–water partition coefficient (Wildman–Crippen LogP) is 1.36. The molecule has 1 aliphatic carbocycles. The molecule has 33 heavy (non-hydrogen) atoms. The number of nitrogens with two attached hydrogens (primary N) is 2. The quantitative estimate of drug-likeness (QED) is 0.645. The fraction of sp³-hybridized carbons (Fsp3) is 0.542. The summed E-state index contributed by atoms with van der Waals surface area (Å²) in [4.78, 5) is 33.5. The van der Waals surface area contributed by atoms with E-state index in [2.05, 4.69) is 15.2 Å². The van der Waals surface area contributed by atoms with Gasteiger partial charge < -0.3 is 16.4 Å². The van der Waals surface area contributed by atoms with Crippen molar-refractivity contribution in [1.29, 1.82) is 0 Å². The Morgan fingerprint density at radius 1 is 1.15 bits per heavy atom. The van der Waals surface area contributed by atoms with Crippen LogP contribution in [0.3, 0.4) is 0 Å². The van der Waals surface area contributed by atoms with Crippen LogP contribution in [0.1, 0.15) is 31.7 Å². The van der Waals surface area contributed by atoms with Gasteiger partial charge in [-0.3, -0.25) is 14.8 Å². The standard InChI is InChI=1S/C24H33N7O2/c1-24(26)8-2-10-30(12-9-24)22(32)27-20-7-11-31(23(33)28-20)17-5-3-16(4-6-17)13-29-14-18-19(15-29)21(18)25/h3-7,11,18-19,21H,2,8-10,12-15,25-26H2,1H3,(H,27,28,32,33)/t18-,19+,21?,24?. The lowest BCUT2D eigenvalue weighted by Gasteiger charge is -2.23. The summed E-state index contributed by atoms with van der Waals surface area (Å²) in [6.45, 7) is 6.31. The Bertz CT molecular complexity index is 1070. The van der Waals surface area contributed by atoms with E-state index >= 15 is 0 Å². The smallest absolute Gasteiger partial charge is 0.327 e. The van der Waals surface area contributed by atoms with Crippen LogP contribution >= 0.6 is 0 Å². The first-order valence-electron chi connectivity index (χ1n) is 11.8. The lowest BCUT2D eigenvalue weighted by molar-refractivity contribution is 0.212. The van der Waals surface area contributed by atoms with Crippen LogP contribution in [0.2, 0.25) is 0 Å². The number of rotatable bonds is 4. The summed E-state index contributed by atoms with van der Waals surface area (Å²) in [6, 6.07) is 9.76. The SMILES string of the molecule is CC1(N)CCCN(C(=O)Nc2ccn(-c3ccc(CN4C[C@@H]5C(N)[C@@H]5C4)cc3)c(=O)n2)CC1. The number of nitrogens with zero attached hydrogens (tertiary/aromatic N) is 4. The van der Waals surface area contributed by atoms with E-state index in [1.807, 2.05) is 31.2 Å². The lowest BCUT2D eigenvalue weighted by atomic mass is 9.95. The van der Waals surface area contributed by atoms with Gasteiger partial charge in [0.25, 0.3) is 0 Å². The summed E-state index contributed by atoms with van der Waals surface area (Å²) in [5.41, 5.74) is 13.5. The molecule has 2 unspecified atom stereocenters. The van der Waals surface area contributed by atoms with Crippen LogP contribution in [0.5, 0.6) is 0 Å². The average molecular weight is 452 g/mol. The average Bonchev–Trinajstić information content (AvgIpc) is 3.22. The first kappa shape index (κ1) is 22.1. The van der Waals surface area contributed by atoms with Gasteiger partial charge in [-0.25, -0.2) is 9.59 Å². The van der Waals surface area contributed by atoms with E-state index in [4.69, 9.17) is 11.5 Å². The molecule has 1 saturated carbocycles. The molecule has 9 nitrogen and oxygen atoms in total. The van der Waals surface area contributed by atoms with Crippen molar-refractivity contribution in [2.45, 2.75) is 44.3 Å². The van der Waals surface area contributed by atoms with Gasteiger partial charge in [0.2, 0.25) is 0 Å². The number of likely N-dealkylation sites (tertiary alicyclic amines) is 2. The highest BCUT2D eigenvalue weighted by molar-refractivity contribution is 5.88. The monoisotopic (exact) mass is 451 g/mol. The number of aromatic nitrogens is 2. The number of hydrogen-bond donors (Lipinski definition) is 3. The summed E-state index contributed by atoms with van der Waals surface area (Å²) < 4.78 is 1.48. The lowest BCUT2D eigenvalue weighted by Crippen LogP contribution is -2.39. The molecule has 2 aliphatic heterocycles. The van der Waals surface area contributed by atoms with Gasteiger partial charge >= 0.3 is 11.7 Å². The molecule has 0 spiro atoms. The van der Waals surface area contributed by atoms with Gasteiger partial charge in [-0.2, -0.15) is 4.98 Å². The number of piperidine rings is 1. The Kier molecular flexibility index (Phi) is 5.72. The van der Waals surface area contributed by atoms with E-state index < -0.39 is 5.69 Å². The third kappa shape index (κ3) is 4.80. The van der Waals surface area contributed by atoms with Crippen LogP contribution in [-0.2, 0) is 6.54 Å². The van der Waals surface area contributed by atoms with E-state index in [1.165, 1.54) is 10.1 Å². The molecule has 2 saturated heterocycles. The second kappa shape index (κ2) is 8.55. The summed E-state index contributed by atoms with van der Waals surface area (Å²) >= 11 is 0. The first-order valence-corrected chi connectivity index (χ1v) is 11.8. The van der Waals surface area contributed by atoms with E-state index in [-0.39, 0.29) is 17.4 Å². The Morgan fingerprint density at radius 3 is 2.58 bits per heavy atom. The second-order valence-corrected chi connectivity index (χ2v) is 10.2. The maximum Gasteiger partial charge on any atom is 0.354 e. The van der Waals surface area contributed by atoms with Gasteiger partial charge in [-0.1, -0.05) is 12.1 Å². The molecular formula is C24H33N7O2.